The third-order valence-electron chi connectivity index (χ3n) is 5.59. The van der Waals surface area contributed by atoms with Crippen LogP contribution in [-0.4, -0.2) is 46.8 Å². The number of nitrogens with one attached hydrogen (secondary N) is 1. The Labute approximate surface area is 154 Å². The number of nitrogens with zero attached hydrogens (tertiary/aromatic N) is 2. The highest BCUT2D eigenvalue weighted by molar-refractivity contribution is 6.09. The quantitative estimate of drug-likeness (QED) is 0.842. The van der Waals surface area contributed by atoms with E-state index in [2.05, 4.69) is 5.32 Å². The summed E-state index contributed by atoms with van der Waals surface area (Å²) in [7, 11) is 1.70. The molecule has 3 rings (SSSR count). The molecule has 0 aromatic heterocycles. The molecule has 1 spiro atoms. The van der Waals surface area contributed by atoms with Gasteiger partial charge in [0, 0.05) is 13.6 Å². The Kier molecular flexibility index (Phi) is 5.30. The van der Waals surface area contributed by atoms with E-state index < -0.39 is 11.6 Å². The maximum atomic E-state index is 12.9. The van der Waals surface area contributed by atoms with Crippen molar-refractivity contribution in [3.05, 3.63) is 35.4 Å². The van der Waals surface area contributed by atoms with Crippen LogP contribution in [0, 0.1) is 6.92 Å². The van der Waals surface area contributed by atoms with Crippen LogP contribution in [-0.2, 0) is 16.1 Å². The highest BCUT2D eigenvalue weighted by Gasteiger charge is 2.51. The van der Waals surface area contributed by atoms with E-state index in [0.29, 0.717) is 19.4 Å². The second-order valence-corrected chi connectivity index (χ2v) is 7.49. The molecule has 1 N–H and O–H groups in total. The fourth-order valence-electron chi connectivity index (χ4n) is 3.88. The standard InChI is InChI=1S/C20H27N3O3/c1-15-9-5-6-10-16(15)13-22(2)17(24)14-23-18(25)20(21-19(23)26)11-7-3-4-8-12-20/h5-6,9-10H,3-4,7-8,11-14H2,1-2H3,(H,21,26). The van der Waals surface area contributed by atoms with Crippen molar-refractivity contribution in [1.82, 2.24) is 15.1 Å². The number of carbonyl (C=O) groups excluding carboxylic acids is 3. The van der Waals surface area contributed by atoms with Gasteiger partial charge in [-0.1, -0.05) is 49.9 Å². The van der Waals surface area contributed by atoms with Crippen molar-refractivity contribution in [1.29, 1.82) is 0 Å². The van der Waals surface area contributed by atoms with Crippen LogP contribution in [0.5, 0.6) is 0 Å². The molecule has 1 heterocycles. The van der Waals surface area contributed by atoms with Gasteiger partial charge >= 0.3 is 6.03 Å². The first-order chi connectivity index (χ1) is 12.4. The molecule has 2 fully saturated rings. The monoisotopic (exact) mass is 357 g/mol. The zero-order chi connectivity index (χ0) is 18.7. The van der Waals surface area contributed by atoms with Gasteiger partial charge in [0.15, 0.2) is 0 Å². The number of amides is 4. The molecule has 6 heteroatoms. The van der Waals surface area contributed by atoms with Gasteiger partial charge in [0.1, 0.15) is 12.1 Å². The third kappa shape index (κ3) is 3.59. The predicted octanol–water partition coefficient (Wildman–Crippen LogP) is 2.60. The summed E-state index contributed by atoms with van der Waals surface area (Å²) < 4.78 is 0. The summed E-state index contributed by atoms with van der Waals surface area (Å²) in [6.07, 6.45) is 5.37. The van der Waals surface area contributed by atoms with Crippen molar-refractivity contribution >= 4 is 17.8 Å². The summed E-state index contributed by atoms with van der Waals surface area (Å²) >= 11 is 0. The van der Waals surface area contributed by atoms with Gasteiger partial charge in [0.2, 0.25) is 5.91 Å². The zero-order valence-corrected chi connectivity index (χ0v) is 15.6. The molecule has 6 nitrogen and oxygen atoms in total. The maximum absolute atomic E-state index is 12.9. The van der Waals surface area contributed by atoms with Gasteiger partial charge in [-0.2, -0.15) is 0 Å². The summed E-state index contributed by atoms with van der Waals surface area (Å²) in [4.78, 5) is 40.5. The Hall–Kier alpha value is -2.37. The van der Waals surface area contributed by atoms with E-state index >= 15 is 0 Å². The van der Waals surface area contributed by atoms with Gasteiger partial charge in [-0.3, -0.25) is 14.5 Å². The highest BCUT2D eigenvalue weighted by atomic mass is 16.2. The van der Waals surface area contributed by atoms with Crippen molar-refractivity contribution in [2.24, 2.45) is 0 Å². The number of benzene rings is 1. The Morgan fingerprint density at radius 3 is 2.46 bits per heavy atom. The van der Waals surface area contributed by atoms with Crippen molar-refractivity contribution < 1.29 is 14.4 Å². The van der Waals surface area contributed by atoms with Gasteiger partial charge < -0.3 is 10.2 Å². The first kappa shape index (κ1) is 18.4. The lowest BCUT2D eigenvalue weighted by atomic mass is 9.90. The normalized spacial score (nSPS) is 19.4. The van der Waals surface area contributed by atoms with E-state index in [9.17, 15) is 14.4 Å². The Morgan fingerprint density at radius 1 is 1.15 bits per heavy atom. The molecular formula is C20H27N3O3. The molecule has 140 valence electrons. The first-order valence-electron chi connectivity index (χ1n) is 9.35. The molecule has 0 unspecified atom stereocenters. The summed E-state index contributed by atoms with van der Waals surface area (Å²) in [6, 6.07) is 7.44. The van der Waals surface area contributed by atoms with E-state index in [1.165, 1.54) is 0 Å². The first-order valence-corrected chi connectivity index (χ1v) is 9.35. The molecule has 4 amide bonds. The minimum absolute atomic E-state index is 0.200. The van der Waals surface area contributed by atoms with Crippen LogP contribution in [0.3, 0.4) is 0 Å². The molecule has 26 heavy (non-hydrogen) atoms. The number of aryl methyl sites for hydroxylation is 1. The average Bonchev–Trinajstić information content (AvgIpc) is 2.78. The van der Waals surface area contributed by atoms with Crippen LogP contribution in [0.4, 0.5) is 4.79 Å². The second-order valence-electron chi connectivity index (χ2n) is 7.49. The molecule has 2 aliphatic rings. The summed E-state index contributed by atoms with van der Waals surface area (Å²) in [5, 5.41) is 2.88. The predicted molar refractivity (Wildman–Crippen MR) is 98.3 cm³/mol. The second kappa shape index (κ2) is 7.48. The largest absolute Gasteiger partial charge is 0.340 e. The van der Waals surface area contributed by atoms with Crippen LogP contribution >= 0.6 is 0 Å². The summed E-state index contributed by atoms with van der Waals surface area (Å²) in [5.74, 6) is -0.468. The SMILES string of the molecule is Cc1ccccc1CN(C)C(=O)CN1C(=O)NC2(CCCCCC2)C1=O. The van der Waals surface area contributed by atoms with Crippen molar-refractivity contribution in [3.8, 4) is 0 Å². The minimum Gasteiger partial charge on any atom is -0.340 e. The lowest BCUT2D eigenvalue weighted by Crippen LogP contribution is -2.47. The molecule has 0 radical (unpaired) electrons. The van der Waals surface area contributed by atoms with Gasteiger partial charge in [0.25, 0.3) is 5.91 Å². The van der Waals surface area contributed by atoms with Crippen LogP contribution in [0.25, 0.3) is 0 Å². The number of rotatable bonds is 4. The van der Waals surface area contributed by atoms with Crippen LogP contribution in [0.1, 0.15) is 49.7 Å². The van der Waals surface area contributed by atoms with Crippen LogP contribution in [0.2, 0.25) is 0 Å². The zero-order valence-electron chi connectivity index (χ0n) is 15.6. The Balaban J connectivity index is 1.66. The fraction of sp³-hybridized carbons (Fsp3) is 0.550. The molecule has 1 saturated carbocycles. The topological polar surface area (TPSA) is 69.7 Å². The van der Waals surface area contributed by atoms with E-state index in [1.54, 1.807) is 11.9 Å². The van der Waals surface area contributed by atoms with Crippen LogP contribution in [0.15, 0.2) is 24.3 Å². The molecule has 1 aromatic rings. The van der Waals surface area contributed by atoms with Crippen molar-refractivity contribution in [2.45, 2.75) is 57.5 Å². The van der Waals surface area contributed by atoms with Crippen molar-refractivity contribution in [2.75, 3.05) is 13.6 Å². The van der Waals surface area contributed by atoms with E-state index in [1.807, 2.05) is 31.2 Å². The molecule has 1 aliphatic heterocycles. The maximum Gasteiger partial charge on any atom is 0.325 e. The minimum atomic E-state index is -0.789. The van der Waals surface area contributed by atoms with Gasteiger partial charge in [-0.15, -0.1) is 0 Å². The molecular weight excluding hydrogens is 330 g/mol. The fourth-order valence-corrected chi connectivity index (χ4v) is 3.88. The summed E-state index contributed by atoms with van der Waals surface area (Å²) in [5.41, 5.74) is 1.38. The smallest absolute Gasteiger partial charge is 0.325 e. The number of carbonyl (C=O) groups is 3. The van der Waals surface area contributed by atoms with Gasteiger partial charge in [-0.25, -0.2) is 4.79 Å². The molecule has 1 aromatic carbocycles. The van der Waals surface area contributed by atoms with E-state index in [0.717, 1.165) is 41.7 Å². The third-order valence-corrected chi connectivity index (χ3v) is 5.59. The average molecular weight is 357 g/mol. The van der Waals surface area contributed by atoms with Gasteiger partial charge in [0.05, 0.1) is 0 Å². The highest BCUT2D eigenvalue weighted by Crippen LogP contribution is 2.32. The molecule has 0 atom stereocenters. The number of urea groups is 1. The Morgan fingerprint density at radius 2 is 1.81 bits per heavy atom. The molecule has 1 saturated heterocycles. The molecule has 1 aliphatic carbocycles. The lowest BCUT2D eigenvalue weighted by Gasteiger charge is -2.25. The number of likely N-dealkylation sites (N-methyl/N-ethyl adjacent to an activating group) is 1. The number of hydrogen-bond acceptors (Lipinski definition) is 3. The Bertz CT molecular complexity index is 708. The van der Waals surface area contributed by atoms with Gasteiger partial charge in [-0.05, 0) is 30.9 Å². The van der Waals surface area contributed by atoms with Crippen LogP contribution < -0.4 is 5.32 Å². The molecule has 0 bridgehead atoms. The van der Waals surface area contributed by atoms with E-state index in [4.69, 9.17) is 0 Å². The lowest BCUT2D eigenvalue weighted by molar-refractivity contribution is -0.138. The van der Waals surface area contributed by atoms with Crippen molar-refractivity contribution in [3.63, 3.8) is 0 Å². The van der Waals surface area contributed by atoms with E-state index in [-0.39, 0.29) is 18.4 Å². The number of imide groups is 1. The summed E-state index contributed by atoms with van der Waals surface area (Å²) in [6.45, 7) is 2.26. The number of hydrogen-bond donors (Lipinski definition) is 1.